The lowest BCUT2D eigenvalue weighted by atomic mass is 10.1. The highest BCUT2D eigenvalue weighted by atomic mass is 35.5. The SMILES string of the molecule is NCC#Cc1ccc(Cl)cc1NC(=O)CCn1cncn1. The summed E-state index contributed by atoms with van der Waals surface area (Å²) in [5, 5.41) is 7.26. The Morgan fingerprint density at radius 2 is 2.33 bits per heavy atom. The van der Waals surface area contributed by atoms with Gasteiger partial charge in [0.15, 0.2) is 0 Å². The molecule has 2 aromatic rings. The van der Waals surface area contributed by atoms with Crippen molar-refractivity contribution < 1.29 is 4.79 Å². The number of benzene rings is 1. The molecule has 0 saturated carbocycles. The molecule has 2 rings (SSSR count). The average Bonchev–Trinajstić information content (AvgIpc) is 2.98. The topological polar surface area (TPSA) is 85.8 Å². The van der Waals surface area contributed by atoms with Gasteiger partial charge in [0, 0.05) is 17.0 Å². The van der Waals surface area contributed by atoms with Gasteiger partial charge in [0.25, 0.3) is 0 Å². The van der Waals surface area contributed by atoms with Gasteiger partial charge in [-0.2, -0.15) is 5.10 Å². The van der Waals surface area contributed by atoms with E-state index >= 15 is 0 Å². The molecule has 0 aliphatic rings. The molecule has 0 unspecified atom stereocenters. The number of nitrogens with one attached hydrogen (secondary N) is 1. The molecule has 1 aromatic heterocycles. The van der Waals surface area contributed by atoms with Crippen molar-refractivity contribution in [1.29, 1.82) is 0 Å². The van der Waals surface area contributed by atoms with E-state index < -0.39 is 0 Å². The first-order chi connectivity index (χ1) is 10.2. The molecule has 21 heavy (non-hydrogen) atoms. The van der Waals surface area contributed by atoms with Crippen LogP contribution in [-0.4, -0.2) is 27.2 Å². The van der Waals surface area contributed by atoms with Crippen LogP contribution >= 0.6 is 11.6 Å². The molecule has 0 aliphatic carbocycles. The summed E-state index contributed by atoms with van der Waals surface area (Å²) in [5.74, 6) is 5.50. The van der Waals surface area contributed by atoms with Gasteiger partial charge >= 0.3 is 0 Å². The third-order valence-electron chi connectivity index (χ3n) is 2.62. The summed E-state index contributed by atoms with van der Waals surface area (Å²) in [4.78, 5) is 15.8. The van der Waals surface area contributed by atoms with E-state index in [0.29, 0.717) is 22.8 Å². The van der Waals surface area contributed by atoms with Crippen LogP contribution in [0, 0.1) is 11.8 Å². The molecular weight excluding hydrogens is 290 g/mol. The molecule has 7 heteroatoms. The Kier molecular flexibility index (Phi) is 5.32. The Labute approximate surface area is 127 Å². The van der Waals surface area contributed by atoms with Crippen LogP contribution in [0.15, 0.2) is 30.9 Å². The fraction of sp³-hybridized carbons (Fsp3) is 0.214. The van der Waals surface area contributed by atoms with Crippen LogP contribution < -0.4 is 11.1 Å². The van der Waals surface area contributed by atoms with E-state index in [9.17, 15) is 4.79 Å². The first kappa shape index (κ1) is 15.0. The summed E-state index contributed by atoms with van der Waals surface area (Å²) >= 11 is 5.95. The molecule has 0 spiro atoms. The Morgan fingerprint density at radius 1 is 1.48 bits per heavy atom. The molecule has 1 amide bonds. The molecule has 0 bridgehead atoms. The average molecular weight is 304 g/mol. The second kappa shape index (κ2) is 7.43. The molecule has 0 saturated heterocycles. The standard InChI is InChI=1S/C14H14ClN5O/c15-12-4-3-11(2-1-6-16)13(8-12)19-14(21)5-7-20-10-17-9-18-20/h3-4,8-10H,5-7,16H2,(H,19,21). The molecule has 6 nitrogen and oxygen atoms in total. The van der Waals surface area contributed by atoms with Crippen LogP contribution in [0.4, 0.5) is 5.69 Å². The van der Waals surface area contributed by atoms with Gasteiger partial charge in [0.05, 0.1) is 18.8 Å². The van der Waals surface area contributed by atoms with E-state index in [0.717, 1.165) is 0 Å². The molecule has 108 valence electrons. The highest BCUT2D eigenvalue weighted by Crippen LogP contribution is 2.20. The summed E-state index contributed by atoms with van der Waals surface area (Å²) in [6.45, 7) is 0.707. The van der Waals surface area contributed by atoms with Crippen LogP contribution in [0.5, 0.6) is 0 Å². The summed E-state index contributed by atoms with van der Waals surface area (Å²) < 4.78 is 1.59. The molecule has 3 N–H and O–H groups in total. The van der Waals surface area contributed by atoms with Gasteiger partial charge in [-0.3, -0.25) is 9.48 Å². The number of aromatic nitrogens is 3. The maximum absolute atomic E-state index is 12.0. The predicted molar refractivity (Wildman–Crippen MR) is 80.7 cm³/mol. The fourth-order valence-corrected chi connectivity index (χ4v) is 1.82. The van der Waals surface area contributed by atoms with Gasteiger partial charge in [-0.05, 0) is 18.2 Å². The molecule has 0 radical (unpaired) electrons. The minimum atomic E-state index is -0.149. The van der Waals surface area contributed by atoms with Crippen molar-refractivity contribution in [3.8, 4) is 11.8 Å². The third kappa shape index (κ3) is 4.60. The number of anilines is 1. The van der Waals surface area contributed by atoms with Crippen LogP contribution in [0.1, 0.15) is 12.0 Å². The van der Waals surface area contributed by atoms with Gasteiger partial charge < -0.3 is 11.1 Å². The maximum atomic E-state index is 12.0. The Balaban J connectivity index is 2.03. The van der Waals surface area contributed by atoms with Crippen molar-refractivity contribution in [1.82, 2.24) is 14.8 Å². The summed E-state index contributed by atoms with van der Waals surface area (Å²) in [5.41, 5.74) is 6.61. The second-order valence-corrected chi connectivity index (χ2v) is 4.59. The van der Waals surface area contributed by atoms with E-state index in [2.05, 4.69) is 27.2 Å². The first-order valence-electron chi connectivity index (χ1n) is 6.30. The molecule has 0 aliphatic heterocycles. The number of rotatable bonds is 4. The van der Waals surface area contributed by atoms with Crippen molar-refractivity contribution >= 4 is 23.2 Å². The number of hydrogen-bond donors (Lipinski definition) is 2. The zero-order chi connectivity index (χ0) is 15.1. The molecule has 0 fully saturated rings. The fourth-order valence-electron chi connectivity index (χ4n) is 1.65. The zero-order valence-electron chi connectivity index (χ0n) is 11.2. The van der Waals surface area contributed by atoms with Crippen LogP contribution in [-0.2, 0) is 11.3 Å². The highest BCUT2D eigenvalue weighted by Gasteiger charge is 2.07. The van der Waals surface area contributed by atoms with E-state index in [1.54, 1.807) is 29.2 Å². The molecular formula is C14H14ClN5O. The quantitative estimate of drug-likeness (QED) is 0.833. The highest BCUT2D eigenvalue weighted by molar-refractivity contribution is 6.31. The number of carbonyl (C=O) groups is 1. The van der Waals surface area contributed by atoms with Gasteiger partial charge in [-0.1, -0.05) is 23.4 Å². The minimum Gasteiger partial charge on any atom is -0.325 e. The molecule has 0 atom stereocenters. The monoisotopic (exact) mass is 303 g/mol. The van der Waals surface area contributed by atoms with Crippen LogP contribution in [0.3, 0.4) is 0 Å². The van der Waals surface area contributed by atoms with Gasteiger partial charge in [0.1, 0.15) is 12.7 Å². The largest absolute Gasteiger partial charge is 0.325 e. The number of halogens is 1. The Hall–Kier alpha value is -2.36. The normalized spacial score (nSPS) is 9.81. The summed E-state index contributed by atoms with van der Waals surface area (Å²) in [6.07, 6.45) is 3.26. The van der Waals surface area contributed by atoms with Crippen molar-refractivity contribution in [3.05, 3.63) is 41.4 Å². The van der Waals surface area contributed by atoms with Gasteiger partial charge in [-0.15, -0.1) is 0 Å². The second-order valence-electron chi connectivity index (χ2n) is 4.15. The van der Waals surface area contributed by atoms with Crippen molar-refractivity contribution in [2.24, 2.45) is 5.73 Å². The van der Waals surface area contributed by atoms with Crippen LogP contribution in [0.25, 0.3) is 0 Å². The van der Waals surface area contributed by atoms with Crippen molar-refractivity contribution in [2.45, 2.75) is 13.0 Å². The Morgan fingerprint density at radius 3 is 3.05 bits per heavy atom. The van der Waals surface area contributed by atoms with Gasteiger partial charge in [0.2, 0.25) is 5.91 Å². The van der Waals surface area contributed by atoms with Crippen LogP contribution in [0.2, 0.25) is 5.02 Å². The maximum Gasteiger partial charge on any atom is 0.226 e. The smallest absolute Gasteiger partial charge is 0.226 e. The van der Waals surface area contributed by atoms with E-state index in [-0.39, 0.29) is 18.9 Å². The first-order valence-corrected chi connectivity index (χ1v) is 6.67. The number of hydrogen-bond acceptors (Lipinski definition) is 4. The molecule has 1 aromatic carbocycles. The van der Waals surface area contributed by atoms with E-state index in [4.69, 9.17) is 17.3 Å². The van der Waals surface area contributed by atoms with Crippen molar-refractivity contribution in [3.63, 3.8) is 0 Å². The summed E-state index contributed by atoms with van der Waals surface area (Å²) in [7, 11) is 0. The Bertz CT molecular complexity index is 672. The lowest BCUT2D eigenvalue weighted by Gasteiger charge is -2.08. The number of nitrogens with zero attached hydrogens (tertiary/aromatic N) is 3. The lowest BCUT2D eigenvalue weighted by molar-refractivity contribution is -0.116. The number of carbonyl (C=O) groups excluding carboxylic acids is 1. The third-order valence-corrected chi connectivity index (χ3v) is 2.85. The van der Waals surface area contributed by atoms with Crippen molar-refractivity contribution in [2.75, 3.05) is 11.9 Å². The number of nitrogens with two attached hydrogens (primary N) is 1. The minimum absolute atomic E-state index is 0.149. The van der Waals surface area contributed by atoms with E-state index in [1.807, 2.05) is 0 Å². The van der Waals surface area contributed by atoms with Gasteiger partial charge in [-0.25, -0.2) is 4.98 Å². The number of amides is 1. The van der Waals surface area contributed by atoms with E-state index in [1.165, 1.54) is 6.33 Å². The number of aryl methyl sites for hydroxylation is 1. The molecule has 1 heterocycles. The summed E-state index contributed by atoms with van der Waals surface area (Å²) in [6, 6.07) is 5.13. The zero-order valence-corrected chi connectivity index (χ0v) is 12.0. The lowest BCUT2D eigenvalue weighted by Crippen LogP contribution is -2.15. The predicted octanol–water partition coefficient (Wildman–Crippen LogP) is 1.27.